The Morgan fingerprint density at radius 1 is 1.42 bits per heavy atom. The molecule has 1 N–H and O–H groups in total. The lowest BCUT2D eigenvalue weighted by atomic mass is 10.2. The van der Waals surface area contributed by atoms with E-state index in [1.54, 1.807) is 7.11 Å². The topological polar surface area (TPSA) is 30.5 Å². The van der Waals surface area contributed by atoms with E-state index in [0.717, 1.165) is 23.1 Å². The molecule has 0 bridgehead atoms. The highest BCUT2D eigenvalue weighted by Gasteiger charge is 2.11. The Labute approximate surface area is 123 Å². The Morgan fingerprint density at radius 2 is 2.16 bits per heavy atom. The van der Waals surface area contributed by atoms with Gasteiger partial charge < -0.3 is 14.8 Å². The van der Waals surface area contributed by atoms with E-state index in [0.29, 0.717) is 17.4 Å². The monoisotopic (exact) mass is 325 g/mol. The van der Waals surface area contributed by atoms with Gasteiger partial charge in [-0.3, -0.25) is 0 Å². The van der Waals surface area contributed by atoms with Crippen LogP contribution in [0.25, 0.3) is 0 Å². The molecule has 0 aromatic heterocycles. The van der Waals surface area contributed by atoms with Crippen LogP contribution in [-0.2, 0) is 6.54 Å². The predicted molar refractivity (Wildman–Crippen MR) is 81.6 cm³/mol. The molecule has 0 spiro atoms. The molecule has 0 fully saturated rings. The minimum Gasteiger partial charge on any atom is -0.493 e. The second-order valence-corrected chi connectivity index (χ2v) is 5.48. The van der Waals surface area contributed by atoms with Crippen molar-refractivity contribution in [1.29, 1.82) is 0 Å². The van der Waals surface area contributed by atoms with Crippen molar-refractivity contribution in [3.8, 4) is 23.8 Å². The number of hydrogen-bond acceptors (Lipinski definition) is 3. The molecule has 0 aliphatic heterocycles. The molecule has 0 amide bonds. The molecule has 0 heterocycles. The Balaban J connectivity index is 2.81. The van der Waals surface area contributed by atoms with Crippen LogP contribution in [0.4, 0.5) is 0 Å². The zero-order valence-electron chi connectivity index (χ0n) is 11.6. The lowest BCUT2D eigenvalue weighted by Crippen LogP contribution is -2.19. The first-order chi connectivity index (χ1) is 9.08. The highest BCUT2D eigenvalue weighted by molar-refractivity contribution is 9.10. The molecule has 0 radical (unpaired) electrons. The third kappa shape index (κ3) is 5.14. The Morgan fingerprint density at radius 3 is 2.74 bits per heavy atom. The fourth-order valence-corrected chi connectivity index (χ4v) is 2.24. The Kier molecular flexibility index (Phi) is 6.75. The number of rotatable bonds is 7. The van der Waals surface area contributed by atoms with Crippen LogP contribution in [-0.4, -0.2) is 20.3 Å². The van der Waals surface area contributed by atoms with Crippen molar-refractivity contribution >= 4 is 15.9 Å². The van der Waals surface area contributed by atoms with Crippen LogP contribution in [0.5, 0.6) is 11.5 Å². The number of ether oxygens (including phenoxy) is 2. The molecule has 0 saturated carbocycles. The summed E-state index contributed by atoms with van der Waals surface area (Å²) < 4.78 is 11.7. The van der Waals surface area contributed by atoms with Gasteiger partial charge in [0.2, 0.25) is 0 Å². The van der Waals surface area contributed by atoms with Crippen LogP contribution < -0.4 is 14.8 Å². The summed E-state index contributed by atoms with van der Waals surface area (Å²) in [6.07, 6.45) is 5.20. The molecule has 4 heteroatoms. The normalized spacial score (nSPS) is 10.3. The summed E-state index contributed by atoms with van der Waals surface area (Å²) in [6, 6.07) is 3.98. The first-order valence-corrected chi connectivity index (χ1v) is 7.01. The average molecular weight is 326 g/mol. The summed E-state index contributed by atoms with van der Waals surface area (Å²) in [6.45, 7) is 6.36. The van der Waals surface area contributed by atoms with E-state index in [4.69, 9.17) is 15.9 Å². The fraction of sp³-hybridized carbons (Fsp3) is 0.467. The molecule has 0 aliphatic rings. The van der Waals surface area contributed by atoms with Crippen molar-refractivity contribution in [2.45, 2.75) is 20.4 Å². The highest BCUT2D eigenvalue weighted by Crippen LogP contribution is 2.36. The van der Waals surface area contributed by atoms with Crippen LogP contribution in [0.1, 0.15) is 19.4 Å². The van der Waals surface area contributed by atoms with Gasteiger partial charge >= 0.3 is 0 Å². The molecule has 1 aromatic carbocycles. The summed E-state index contributed by atoms with van der Waals surface area (Å²) in [5.41, 5.74) is 1.14. The summed E-state index contributed by atoms with van der Waals surface area (Å²) in [5, 5.41) is 3.39. The smallest absolute Gasteiger partial charge is 0.176 e. The van der Waals surface area contributed by atoms with Crippen molar-refractivity contribution in [2.75, 3.05) is 20.3 Å². The van der Waals surface area contributed by atoms with E-state index in [-0.39, 0.29) is 6.61 Å². The van der Waals surface area contributed by atoms with E-state index in [1.165, 1.54) is 0 Å². The van der Waals surface area contributed by atoms with E-state index < -0.39 is 0 Å². The molecule has 1 rings (SSSR count). The van der Waals surface area contributed by atoms with Gasteiger partial charge in [-0.15, -0.1) is 6.42 Å². The van der Waals surface area contributed by atoms with Gasteiger partial charge in [-0.25, -0.2) is 0 Å². The number of benzene rings is 1. The molecular formula is C15H20BrNO2. The number of methoxy groups -OCH3 is 1. The molecular weight excluding hydrogens is 306 g/mol. The van der Waals surface area contributed by atoms with Crippen LogP contribution in [0.3, 0.4) is 0 Å². The first kappa shape index (κ1) is 15.9. The second kappa shape index (κ2) is 8.08. The van der Waals surface area contributed by atoms with E-state index in [9.17, 15) is 0 Å². The first-order valence-electron chi connectivity index (χ1n) is 6.21. The Hall–Kier alpha value is -1.18. The van der Waals surface area contributed by atoms with Crippen molar-refractivity contribution in [3.63, 3.8) is 0 Å². The van der Waals surface area contributed by atoms with E-state index in [2.05, 4.69) is 41.0 Å². The maximum absolute atomic E-state index is 5.48. The zero-order valence-corrected chi connectivity index (χ0v) is 13.2. The third-order valence-electron chi connectivity index (χ3n) is 2.47. The summed E-state index contributed by atoms with van der Waals surface area (Å²) in [7, 11) is 1.62. The van der Waals surface area contributed by atoms with Gasteiger partial charge in [0, 0.05) is 6.54 Å². The van der Waals surface area contributed by atoms with Crippen molar-refractivity contribution in [3.05, 3.63) is 22.2 Å². The molecule has 104 valence electrons. The largest absolute Gasteiger partial charge is 0.493 e. The maximum Gasteiger partial charge on any atom is 0.176 e. The predicted octanol–water partition coefficient (Wildman–Crippen LogP) is 3.22. The van der Waals surface area contributed by atoms with E-state index in [1.807, 2.05) is 12.1 Å². The molecule has 0 atom stereocenters. The maximum atomic E-state index is 5.48. The fourth-order valence-electron chi connectivity index (χ4n) is 1.63. The van der Waals surface area contributed by atoms with Crippen LogP contribution in [0.2, 0.25) is 0 Å². The van der Waals surface area contributed by atoms with Crippen molar-refractivity contribution in [2.24, 2.45) is 5.92 Å². The molecule has 0 unspecified atom stereocenters. The standard InChI is InChI=1S/C15H20BrNO2/c1-5-6-19-15-13(16)7-12(8-14(15)18-4)10-17-9-11(2)3/h1,7-8,11,17H,6,9-10H2,2-4H3. The van der Waals surface area contributed by atoms with Gasteiger partial charge in [0.05, 0.1) is 11.6 Å². The number of halogens is 1. The van der Waals surface area contributed by atoms with Gasteiger partial charge in [0.15, 0.2) is 11.5 Å². The minimum absolute atomic E-state index is 0.222. The van der Waals surface area contributed by atoms with Gasteiger partial charge in [-0.05, 0) is 46.1 Å². The highest BCUT2D eigenvalue weighted by atomic mass is 79.9. The van der Waals surface area contributed by atoms with Crippen LogP contribution in [0, 0.1) is 18.3 Å². The van der Waals surface area contributed by atoms with Crippen LogP contribution >= 0.6 is 15.9 Å². The zero-order chi connectivity index (χ0) is 14.3. The third-order valence-corrected chi connectivity index (χ3v) is 3.06. The SMILES string of the molecule is C#CCOc1c(Br)cc(CNCC(C)C)cc1OC. The minimum atomic E-state index is 0.222. The molecule has 0 aliphatic carbocycles. The Bertz CT molecular complexity index is 452. The number of nitrogens with one attached hydrogen (secondary N) is 1. The van der Waals surface area contributed by atoms with Gasteiger partial charge in [0.25, 0.3) is 0 Å². The van der Waals surface area contributed by atoms with E-state index >= 15 is 0 Å². The summed E-state index contributed by atoms with van der Waals surface area (Å²) in [4.78, 5) is 0. The molecule has 19 heavy (non-hydrogen) atoms. The van der Waals surface area contributed by atoms with Gasteiger partial charge in [0.1, 0.15) is 6.61 Å². The molecule has 1 aromatic rings. The average Bonchev–Trinajstić information content (AvgIpc) is 2.36. The number of hydrogen-bond donors (Lipinski definition) is 1. The molecule has 3 nitrogen and oxygen atoms in total. The van der Waals surface area contributed by atoms with Crippen LogP contribution in [0.15, 0.2) is 16.6 Å². The summed E-state index contributed by atoms with van der Waals surface area (Å²) >= 11 is 3.49. The van der Waals surface area contributed by atoms with Gasteiger partial charge in [-0.2, -0.15) is 0 Å². The lowest BCUT2D eigenvalue weighted by molar-refractivity contribution is 0.328. The second-order valence-electron chi connectivity index (χ2n) is 4.63. The number of terminal acetylenes is 1. The quantitative estimate of drug-likeness (QED) is 0.781. The summed E-state index contributed by atoms with van der Waals surface area (Å²) in [5.74, 6) is 4.41. The van der Waals surface area contributed by atoms with Crippen molar-refractivity contribution < 1.29 is 9.47 Å². The van der Waals surface area contributed by atoms with Crippen molar-refractivity contribution in [1.82, 2.24) is 5.32 Å². The lowest BCUT2D eigenvalue weighted by Gasteiger charge is -2.14. The molecule has 0 saturated heterocycles. The van der Waals surface area contributed by atoms with Gasteiger partial charge in [-0.1, -0.05) is 19.8 Å².